The van der Waals surface area contributed by atoms with Crippen LogP contribution in [0.4, 0.5) is 4.39 Å². The number of carbonyl (C=O) groups excluding carboxylic acids is 2. The number of piperidine rings is 1. The molecule has 4 rings (SSSR count). The molecular weight excluding hydrogens is 387 g/mol. The van der Waals surface area contributed by atoms with E-state index in [9.17, 15) is 19.1 Å². The third-order valence-electron chi connectivity index (χ3n) is 5.51. The predicted octanol–water partition coefficient (Wildman–Crippen LogP) is 3.16. The maximum absolute atomic E-state index is 13.8. The van der Waals surface area contributed by atoms with Crippen molar-refractivity contribution in [1.82, 2.24) is 19.7 Å². The Hall–Kier alpha value is -3.55. The first-order valence-electron chi connectivity index (χ1n) is 9.68. The van der Waals surface area contributed by atoms with Crippen LogP contribution in [0.5, 0.6) is 5.75 Å². The van der Waals surface area contributed by atoms with Crippen LogP contribution in [0.3, 0.4) is 0 Å². The summed E-state index contributed by atoms with van der Waals surface area (Å²) in [6, 6.07) is 6.23. The summed E-state index contributed by atoms with van der Waals surface area (Å²) in [6.07, 6.45) is 7.42. The molecule has 0 bridgehead atoms. The highest BCUT2D eigenvalue weighted by atomic mass is 19.1. The second-order valence-electron chi connectivity index (χ2n) is 7.46. The highest BCUT2D eigenvalue weighted by Crippen LogP contribution is 2.30. The third kappa shape index (κ3) is 3.80. The van der Waals surface area contributed by atoms with Gasteiger partial charge < -0.3 is 10.0 Å². The summed E-state index contributed by atoms with van der Waals surface area (Å²) in [5.74, 6) is -1.77. The number of hydrogen-bond acceptors (Lipinski definition) is 5. The quantitative estimate of drug-likeness (QED) is 0.670. The first-order valence-corrected chi connectivity index (χ1v) is 9.68. The molecule has 3 aromatic rings. The largest absolute Gasteiger partial charge is 0.504 e. The van der Waals surface area contributed by atoms with Crippen molar-refractivity contribution < 1.29 is 19.1 Å². The van der Waals surface area contributed by atoms with Crippen LogP contribution in [-0.2, 0) is 7.05 Å². The summed E-state index contributed by atoms with van der Waals surface area (Å²) in [5, 5.41) is 13.7. The van der Waals surface area contributed by atoms with E-state index in [1.165, 1.54) is 6.07 Å². The Morgan fingerprint density at radius 3 is 2.60 bits per heavy atom. The summed E-state index contributed by atoms with van der Waals surface area (Å²) in [5.41, 5.74) is 2.77. The van der Waals surface area contributed by atoms with Crippen LogP contribution in [0.2, 0.25) is 0 Å². The van der Waals surface area contributed by atoms with Crippen LogP contribution in [0, 0.1) is 5.82 Å². The average Bonchev–Trinajstić information content (AvgIpc) is 3.21. The Bertz CT molecular complexity index is 1090. The maximum Gasteiger partial charge on any atom is 0.253 e. The molecule has 0 unspecified atom stereocenters. The number of aldehydes is 1. The van der Waals surface area contributed by atoms with Gasteiger partial charge in [-0.05, 0) is 42.5 Å². The standard InChI is InChI=1S/C22H21FN4O3/c1-26-12-18(11-25-26)20-3-2-15(10-24-20)14-4-6-27(7-5-14)22(30)16-8-17(13-28)21(29)19(23)9-16/h2-3,8-14,29H,4-7H2,1H3. The number of halogens is 1. The third-order valence-corrected chi connectivity index (χ3v) is 5.51. The predicted molar refractivity (Wildman–Crippen MR) is 108 cm³/mol. The molecule has 0 atom stereocenters. The zero-order valence-corrected chi connectivity index (χ0v) is 16.5. The molecular formula is C22H21FN4O3. The van der Waals surface area contributed by atoms with Crippen molar-refractivity contribution >= 4 is 12.2 Å². The van der Waals surface area contributed by atoms with Crippen LogP contribution in [0.25, 0.3) is 11.3 Å². The van der Waals surface area contributed by atoms with Crippen LogP contribution in [0.15, 0.2) is 42.9 Å². The Morgan fingerprint density at radius 2 is 2.00 bits per heavy atom. The summed E-state index contributed by atoms with van der Waals surface area (Å²) in [4.78, 5) is 29.9. The van der Waals surface area contributed by atoms with E-state index in [4.69, 9.17) is 0 Å². The number of aromatic nitrogens is 3. The number of rotatable bonds is 4. The second kappa shape index (κ2) is 8.06. The number of aryl methyl sites for hydroxylation is 1. The number of benzene rings is 1. The zero-order valence-electron chi connectivity index (χ0n) is 16.5. The molecule has 1 N–H and O–H groups in total. The van der Waals surface area contributed by atoms with Crippen LogP contribution >= 0.6 is 0 Å². The van der Waals surface area contributed by atoms with E-state index in [1.807, 2.05) is 25.5 Å². The van der Waals surface area contributed by atoms with Gasteiger partial charge in [0, 0.05) is 43.7 Å². The van der Waals surface area contributed by atoms with E-state index in [2.05, 4.69) is 16.1 Å². The number of likely N-dealkylation sites (tertiary alicyclic amines) is 1. The first-order chi connectivity index (χ1) is 14.5. The molecule has 0 saturated carbocycles. The molecule has 1 aromatic carbocycles. The van der Waals surface area contributed by atoms with E-state index in [-0.39, 0.29) is 23.0 Å². The lowest BCUT2D eigenvalue weighted by Gasteiger charge is -2.32. The number of phenols is 1. The van der Waals surface area contributed by atoms with Gasteiger partial charge in [0.15, 0.2) is 17.9 Å². The Kier molecular flexibility index (Phi) is 5.31. The molecule has 1 aliphatic rings. The molecule has 1 saturated heterocycles. The second-order valence-corrected chi connectivity index (χ2v) is 7.46. The lowest BCUT2D eigenvalue weighted by Crippen LogP contribution is -2.38. The van der Waals surface area contributed by atoms with Crippen molar-refractivity contribution in [2.75, 3.05) is 13.1 Å². The van der Waals surface area contributed by atoms with E-state index in [1.54, 1.807) is 15.8 Å². The van der Waals surface area contributed by atoms with Crippen molar-refractivity contribution in [1.29, 1.82) is 0 Å². The van der Waals surface area contributed by atoms with Crippen molar-refractivity contribution in [2.45, 2.75) is 18.8 Å². The summed E-state index contributed by atoms with van der Waals surface area (Å²) in [6.45, 7) is 1.04. The van der Waals surface area contributed by atoms with E-state index in [0.717, 1.165) is 35.7 Å². The van der Waals surface area contributed by atoms with Gasteiger partial charge in [-0.2, -0.15) is 5.10 Å². The molecule has 1 fully saturated rings. The molecule has 7 nitrogen and oxygen atoms in total. The minimum atomic E-state index is -0.974. The fraction of sp³-hybridized carbons (Fsp3) is 0.273. The summed E-state index contributed by atoms with van der Waals surface area (Å²) in [7, 11) is 1.86. The van der Waals surface area contributed by atoms with Crippen LogP contribution in [0.1, 0.15) is 45.0 Å². The molecule has 0 spiro atoms. The van der Waals surface area contributed by atoms with Gasteiger partial charge in [-0.25, -0.2) is 4.39 Å². The van der Waals surface area contributed by atoms with Crippen molar-refractivity contribution in [3.63, 3.8) is 0 Å². The molecule has 0 aliphatic carbocycles. The highest BCUT2D eigenvalue weighted by Gasteiger charge is 2.26. The number of carbonyl (C=O) groups is 2. The van der Waals surface area contributed by atoms with Gasteiger partial charge in [-0.15, -0.1) is 0 Å². The highest BCUT2D eigenvalue weighted by molar-refractivity contribution is 5.96. The lowest BCUT2D eigenvalue weighted by atomic mass is 9.90. The molecule has 3 heterocycles. The minimum Gasteiger partial charge on any atom is -0.504 e. The molecule has 2 aromatic heterocycles. The summed E-state index contributed by atoms with van der Waals surface area (Å²) >= 11 is 0. The van der Waals surface area contributed by atoms with Gasteiger partial charge in [0.25, 0.3) is 5.91 Å². The van der Waals surface area contributed by atoms with Crippen molar-refractivity contribution in [3.05, 3.63) is 65.4 Å². The average molecular weight is 408 g/mol. The number of aromatic hydroxyl groups is 1. The molecule has 1 amide bonds. The molecule has 30 heavy (non-hydrogen) atoms. The number of pyridine rings is 1. The monoisotopic (exact) mass is 408 g/mol. The number of phenolic OH excluding ortho intramolecular Hbond substituents is 1. The number of hydrogen-bond donors (Lipinski definition) is 1. The Morgan fingerprint density at radius 1 is 1.23 bits per heavy atom. The van der Waals surface area contributed by atoms with Gasteiger partial charge >= 0.3 is 0 Å². The van der Waals surface area contributed by atoms with E-state index in [0.29, 0.717) is 19.4 Å². The smallest absolute Gasteiger partial charge is 0.253 e. The van der Waals surface area contributed by atoms with E-state index < -0.39 is 11.6 Å². The molecule has 154 valence electrons. The van der Waals surface area contributed by atoms with Crippen LogP contribution < -0.4 is 0 Å². The Labute approximate surface area is 172 Å². The fourth-order valence-electron chi connectivity index (χ4n) is 3.80. The number of amides is 1. The normalized spacial score (nSPS) is 14.7. The molecule has 8 heteroatoms. The van der Waals surface area contributed by atoms with Gasteiger partial charge in [0.1, 0.15) is 0 Å². The van der Waals surface area contributed by atoms with Crippen molar-refractivity contribution in [3.8, 4) is 17.0 Å². The molecule has 0 radical (unpaired) electrons. The van der Waals surface area contributed by atoms with Gasteiger partial charge in [-0.3, -0.25) is 19.3 Å². The van der Waals surface area contributed by atoms with Crippen molar-refractivity contribution in [2.24, 2.45) is 7.05 Å². The van der Waals surface area contributed by atoms with E-state index >= 15 is 0 Å². The Balaban J connectivity index is 1.42. The zero-order chi connectivity index (χ0) is 21.3. The van der Waals surface area contributed by atoms with Gasteiger partial charge in [0.2, 0.25) is 0 Å². The lowest BCUT2D eigenvalue weighted by molar-refractivity contribution is 0.0712. The van der Waals surface area contributed by atoms with Gasteiger partial charge in [-0.1, -0.05) is 6.07 Å². The fourth-order valence-corrected chi connectivity index (χ4v) is 3.80. The molecule has 1 aliphatic heterocycles. The van der Waals surface area contributed by atoms with Crippen LogP contribution in [-0.4, -0.2) is 50.1 Å². The topological polar surface area (TPSA) is 88.3 Å². The minimum absolute atomic E-state index is 0.0633. The SMILES string of the molecule is Cn1cc(-c2ccc(C3CCN(C(=O)c4cc(F)c(O)c(C=O)c4)CC3)cn2)cn1. The summed E-state index contributed by atoms with van der Waals surface area (Å²) < 4.78 is 15.5. The first kappa shape index (κ1) is 19.8. The van der Waals surface area contributed by atoms with Gasteiger partial charge in [0.05, 0.1) is 17.5 Å². The number of nitrogens with zero attached hydrogens (tertiary/aromatic N) is 4. The maximum atomic E-state index is 13.8.